The van der Waals surface area contributed by atoms with Crippen LogP contribution in [0.25, 0.3) is 0 Å². The zero-order chi connectivity index (χ0) is 11.5. The molecule has 0 atom stereocenters. The van der Waals surface area contributed by atoms with Crippen molar-refractivity contribution in [2.45, 2.75) is 0 Å². The molecule has 1 aromatic rings. The summed E-state index contributed by atoms with van der Waals surface area (Å²) < 4.78 is 6.18. The molecule has 1 aliphatic rings. The van der Waals surface area contributed by atoms with Crippen molar-refractivity contribution in [3.8, 4) is 5.75 Å². The quantitative estimate of drug-likeness (QED) is 0.793. The molecule has 1 aromatic heterocycles. The van der Waals surface area contributed by atoms with Gasteiger partial charge in [-0.25, -0.2) is 4.98 Å². The van der Waals surface area contributed by atoms with Gasteiger partial charge in [0.1, 0.15) is 7.11 Å². The molecule has 0 spiro atoms. The largest absolute Gasteiger partial charge is 0.493 e. The van der Waals surface area contributed by atoms with Gasteiger partial charge in [-0.3, -0.25) is 0 Å². The van der Waals surface area contributed by atoms with Crippen LogP contribution in [0.1, 0.15) is 0 Å². The molecular weight excluding hydrogens is 274 g/mol. The Morgan fingerprint density at radius 1 is 1.44 bits per heavy atom. The SMILES string of the molecule is CON=C1CN(c2ncc(Br)cc2OC)C1. The first kappa shape index (κ1) is 11.2. The van der Waals surface area contributed by atoms with E-state index in [0.717, 1.165) is 34.8 Å². The van der Waals surface area contributed by atoms with Crippen LogP contribution in [0.4, 0.5) is 5.82 Å². The van der Waals surface area contributed by atoms with E-state index in [1.54, 1.807) is 20.4 Å². The maximum Gasteiger partial charge on any atom is 0.172 e. The van der Waals surface area contributed by atoms with Crippen LogP contribution >= 0.6 is 15.9 Å². The normalized spacial score (nSPS) is 14.4. The number of methoxy groups -OCH3 is 1. The summed E-state index contributed by atoms with van der Waals surface area (Å²) in [6, 6.07) is 1.90. The maximum atomic E-state index is 5.27. The zero-order valence-corrected chi connectivity index (χ0v) is 10.7. The number of hydrogen-bond acceptors (Lipinski definition) is 5. The Balaban J connectivity index is 2.14. The third-order valence-corrected chi connectivity index (χ3v) is 2.72. The molecule has 2 heterocycles. The van der Waals surface area contributed by atoms with Crippen LogP contribution in [0, 0.1) is 0 Å². The van der Waals surface area contributed by atoms with E-state index in [0.29, 0.717) is 0 Å². The van der Waals surface area contributed by atoms with Crippen LogP contribution in [-0.4, -0.2) is 38.0 Å². The number of ether oxygens (including phenoxy) is 1. The Bertz CT molecular complexity index is 415. The molecule has 6 heteroatoms. The Kier molecular flexibility index (Phi) is 3.28. The second-order valence-electron chi connectivity index (χ2n) is 3.38. The van der Waals surface area contributed by atoms with Gasteiger partial charge in [-0.2, -0.15) is 0 Å². The lowest BCUT2D eigenvalue weighted by Crippen LogP contribution is -2.48. The molecule has 1 fully saturated rings. The topological polar surface area (TPSA) is 47.0 Å². The maximum absolute atomic E-state index is 5.27. The molecule has 0 N–H and O–H groups in total. The van der Waals surface area contributed by atoms with E-state index in [1.807, 2.05) is 6.07 Å². The summed E-state index contributed by atoms with van der Waals surface area (Å²) in [7, 11) is 3.19. The molecule has 0 aromatic carbocycles. The molecule has 1 aliphatic heterocycles. The van der Waals surface area contributed by atoms with E-state index < -0.39 is 0 Å². The van der Waals surface area contributed by atoms with Gasteiger partial charge in [-0.05, 0) is 22.0 Å². The van der Waals surface area contributed by atoms with E-state index >= 15 is 0 Å². The predicted octanol–water partition coefficient (Wildman–Crippen LogP) is 1.68. The summed E-state index contributed by atoms with van der Waals surface area (Å²) in [5, 5.41) is 3.88. The molecule has 0 bridgehead atoms. The lowest BCUT2D eigenvalue weighted by molar-refractivity contribution is 0.211. The average molecular weight is 286 g/mol. The van der Waals surface area contributed by atoms with Gasteiger partial charge in [0.15, 0.2) is 11.6 Å². The highest BCUT2D eigenvalue weighted by Crippen LogP contribution is 2.30. The number of halogens is 1. The first-order chi connectivity index (χ1) is 7.74. The first-order valence-corrected chi connectivity index (χ1v) is 5.57. The minimum absolute atomic E-state index is 0.735. The standard InChI is InChI=1S/C10H12BrN3O2/c1-15-9-3-7(11)4-12-10(9)14-5-8(6-14)13-16-2/h3-4H,5-6H2,1-2H3. The second-order valence-corrected chi connectivity index (χ2v) is 4.29. The van der Waals surface area contributed by atoms with E-state index in [9.17, 15) is 0 Å². The molecule has 0 radical (unpaired) electrons. The van der Waals surface area contributed by atoms with E-state index in [-0.39, 0.29) is 0 Å². The monoisotopic (exact) mass is 285 g/mol. The lowest BCUT2D eigenvalue weighted by Gasteiger charge is -2.33. The molecule has 16 heavy (non-hydrogen) atoms. The van der Waals surface area contributed by atoms with E-state index in [1.165, 1.54) is 0 Å². The zero-order valence-electron chi connectivity index (χ0n) is 9.11. The predicted molar refractivity (Wildman–Crippen MR) is 65.1 cm³/mol. The van der Waals surface area contributed by atoms with Crippen LogP contribution < -0.4 is 9.64 Å². The van der Waals surface area contributed by atoms with Gasteiger partial charge in [-0.15, -0.1) is 0 Å². The number of nitrogens with zero attached hydrogens (tertiary/aromatic N) is 3. The minimum atomic E-state index is 0.735. The lowest BCUT2D eigenvalue weighted by atomic mass is 10.2. The Hall–Kier alpha value is -1.30. The smallest absolute Gasteiger partial charge is 0.172 e. The molecular formula is C10H12BrN3O2. The fourth-order valence-corrected chi connectivity index (χ4v) is 1.84. The Morgan fingerprint density at radius 2 is 2.19 bits per heavy atom. The van der Waals surface area contributed by atoms with Crippen molar-refractivity contribution in [1.82, 2.24) is 4.98 Å². The summed E-state index contributed by atoms with van der Waals surface area (Å²) in [6.07, 6.45) is 1.75. The fraction of sp³-hybridized carbons (Fsp3) is 0.400. The summed E-state index contributed by atoms with van der Waals surface area (Å²) in [5.74, 6) is 1.59. The van der Waals surface area contributed by atoms with Crippen LogP contribution in [0.5, 0.6) is 5.75 Å². The van der Waals surface area contributed by atoms with Gasteiger partial charge in [-0.1, -0.05) is 5.16 Å². The molecule has 2 rings (SSSR count). The van der Waals surface area contributed by atoms with Gasteiger partial charge >= 0.3 is 0 Å². The number of hydrogen-bond donors (Lipinski definition) is 0. The molecule has 5 nitrogen and oxygen atoms in total. The Morgan fingerprint density at radius 3 is 2.81 bits per heavy atom. The molecule has 0 unspecified atom stereocenters. The molecule has 86 valence electrons. The fourth-order valence-electron chi connectivity index (χ4n) is 1.53. The number of rotatable bonds is 3. The Labute approximate surface area is 102 Å². The first-order valence-electron chi connectivity index (χ1n) is 4.78. The van der Waals surface area contributed by atoms with Crippen molar-refractivity contribution in [3.63, 3.8) is 0 Å². The highest BCUT2D eigenvalue weighted by molar-refractivity contribution is 9.10. The number of oxime groups is 1. The van der Waals surface area contributed by atoms with Crippen molar-refractivity contribution in [1.29, 1.82) is 0 Å². The number of anilines is 1. The second kappa shape index (κ2) is 4.69. The van der Waals surface area contributed by atoms with Crippen molar-refractivity contribution in [2.24, 2.45) is 5.16 Å². The van der Waals surface area contributed by atoms with Gasteiger partial charge < -0.3 is 14.5 Å². The van der Waals surface area contributed by atoms with Crippen LogP contribution in [0.15, 0.2) is 21.9 Å². The highest BCUT2D eigenvalue weighted by atomic mass is 79.9. The molecule has 1 saturated heterocycles. The minimum Gasteiger partial charge on any atom is -0.493 e. The van der Waals surface area contributed by atoms with Crippen molar-refractivity contribution in [3.05, 3.63) is 16.7 Å². The number of aromatic nitrogens is 1. The van der Waals surface area contributed by atoms with Crippen molar-refractivity contribution < 1.29 is 9.57 Å². The average Bonchev–Trinajstić information content (AvgIpc) is 2.23. The third kappa shape index (κ3) is 2.11. The summed E-state index contributed by atoms with van der Waals surface area (Å²) >= 11 is 3.36. The van der Waals surface area contributed by atoms with E-state index in [4.69, 9.17) is 9.57 Å². The van der Waals surface area contributed by atoms with Gasteiger partial charge in [0, 0.05) is 10.7 Å². The third-order valence-electron chi connectivity index (χ3n) is 2.29. The molecule has 0 amide bonds. The van der Waals surface area contributed by atoms with Crippen LogP contribution in [-0.2, 0) is 4.84 Å². The number of pyridine rings is 1. The van der Waals surface area contributed by atoms with Gasteiger partial charge in [0.05, 0.1) is 25.9 Å². The van der Waals surface area contributed by atoms with Gasteiger partial charge in [0.2, 0.25) is 0 Å². The van der Waals surface area contributed by atoms with Crippen LogP contribution in [0.2, 0.25) is 0 Å². The summed E-state index contributed by atoms with van der Waals surface area (Å²) in [6.45, 7) is 1.47. The molecule has 0 saturated carbocycles. The van der Waals surface area contributed by atoms with E-state index in [2.05, 4.69) is 31.0 Å². The summed E-state index contributed by atoms with van der Waals surface area (Å²) in [4.78, 5) is 11.1. The highest BCUT2D eigenvalue weighted by Gasteiger charge is 2.26. The summed E-state index contributed by atoms with van der Waals surface area (Å²) in [5.41, 5.74) is 1.01. The van der Waals surface area contributed by atoms with Gasteiger partial charge in [0.25, 0.3) is 0 Å². The van der Waals surface area contributed by atoms with Crippen molar-refractivity contribution in [2.75, 3.05) is 32.2 Å². The molecule has 0 aliphatic carbocycles. The van der Waals surface area contributed by atoms with Crippen molar-refractivity contribution >= 4 is 27.5 Å². The van der Waals surface area contributed by atoms with Crippen LogP contribution in [0.3, 0.4) is 0 Å².